The Balaban J connectivity index is 1.78. The fraction of sp³-hybridized carbons (Fsp3) is 0.778. The van der Waals surface area contributed by atoms with Crippen LogP contribution in [-0.4, -0.2) is 60.8 Å². The summed E-state index contributed by atoms with van der Waals surface area (Å²) in [4.78, 5) is 4.31. The first-order valence-electron chi connectivity index (χ1n) is 9.12. The first kappa shape index (κ1) is 19.7. The maximum atomic E-state index is 9.32. The number of hydrogen-bond acceptors (Lipinski definition) is 4. The molecule has 25 heavy (non-hydrogen) atoms. The van der Waals surface area contributed by atoms with Crippen LogP contribution in [0.5, 0.6) is 0 Å². The molecule has 142 valence electrons. The number of guanidine groups is 1. The lowest BCUT2D eigenvalue weighted by Gasteiger charge is -2.28. The lowest BCUT2D eigenvalue weighted by molar-refractivity contribution is 0.127. The summed E-state index contributed by atoms with van der Waals surface area (Å²) in [5, 5.41) is 20.6. The Bertz CT molecular complexity index is 564. The van der Waals surface area contributed by atoms with Gasteiger partial charge in [0.05, 0.1) is 12.3 Å². The average molecular weight is 351 g/mol. The molecular weight excluding hydrogens is 318 g/mol. The molecular formula is C18H33N5O2. The second-order valence-corrected chi connectivity index (χ2v) is 7.30. The Morgan fingerprint density at radius 3 is 2.84 bits per heavy atom. The van der Waals surface area contributed by atoms with E-state index in [1.165, 1.54) is 5.69 Å². The molecule has 1 aromatic heterocycles. The van der Waals surface area contributed by atoms with E-state index in [1.54, 1.807) is 7.05 Å². The third-order valence-electron chi connectivity index (χ3n) is 4.89. The molecule has 1 saturated heterocycles. The molecule has 1 aliphatic heterocycles. The highest BCUT2D eigenvalue weighted by Gasteiger charge is 2.34. The SMILES string of the molecule is CN=C(NCC(C)Cn1nc(C)cc1C)NCC1(CCO)CCOC1. The highest BCUT2D eigenvalue weighted by molar-refractivity contribution is 5.79. The van der Waals surface area contributed by atoms with E-state index in [0.717, 1.165) is 50.7 Å². The molecule has 0 amide bonds. The van der Waals surface area contributed by atoms with E-state index in [1.807, 2.05) is 6.92 Å². The van der Waals surface area contributed by atoms with Gasteiger partial charge in [-0.3, -0.25) is 9.67 Å². The fourth-order valence-electron chi connectivity index (χ4n) is 3.29. The van der Waals surface area contributed by atoms with Gasteiger partial charge >= 0.3 is 0 Å². The van der Waals surface area contributed by atoms with Gasteiger partial charge in [0, 0.05) is 51.0 Å². The van der Waals surface area contributed by atoms with Crippen LogP contribution in [0.2, 0.25) is 0 Å². The minimum atomic E-state index is 0.0156. The van der Waals surface area contributed by atoms with Crippen molar-refractivity contribution >= 4 is 5.96 Å². The number of nitrogens with one attached hydrogen (secondary N) is 2. The van der Waals surface area contributed by atoms with Gasteiger partial charge < -0.3 is 20.5 Å². The third-order valence-corrected chi connectivity index (χ3v) is 4.89. The standard InChI is InChI=1S/C18H33N5O2/c1-14(11-23-16(3)9-15(2)22-23)10-20-17(19-4)21-12-18(5-7-24)6-8-25-13-18/h9,14,24H,5-8,10-13H2,1-4H3,(H2,19,20,21). The predicted molar refractivity (Wildman–Crippen MR) is 99.8 cm³/mol. The van der Waals surface area contributed by atoms with Crippen molar-refractivity contribution in [2.45, 2.75) is 40.2 Å². The van der Waals surface area contributed by atoms with Crippen molar-refractivity contribution in [3.63, 3.8) is 0 Å². The number of aryl methyl sites for hydroxylation is 2. The zero-order valence-corrected chi connectivity index (χ0v) is 16.0. The highest BCUT2D eigenvalue weighted by atomic mass is 16.5. The summed E-state index contributed by atoms with van der Waals surface area (Å²) in [5.74, 6) is 1.22. The predicted octanol–water partition coefficient (Wildman–Crippen LogP) is 1.09. The zero-order valence-electron chi connectivity index (χ0n) is 16.0. The van der Waals surface area contributed by atoms with Gasteiger partial charge in [-0.2, -0.15) is 5.10 Å². The second-order valence-electron chi connectivity index (χ2n) is 7.30. The summed E-state index contributed by atoms with van der Waals surface area (Å²) in [7, 11) is 1.78. The summed E-state index contributed by atoms with van der Waals surface area (Å²) in [6.45, 7) is 10.4. The molecule has 1 aliphatic rings. The number of aromatic nitrogens is 2. The summed E-state index contributed by atoms with van der Waals surface area (Å²) in [6.07, 6.45) is 1.73. The van der Waals surface area contributed by atoms with Crippen molar-refractivity contribution in [3.05, 3.63) is 17.5 Å². The van der Waals surface area contributed by atoms with E-state index < -0.39 is 0 Å². The molecule has 1 fully saturated rings. The van der Waals surface area contributed by atoms with Crippen molar-refractivity contribution in [2.75, 3.05) is 40.0 Å². The average Bonchev–Trinajstić information content (AvgIpc) is 3.15. The van der Waals surface area contributed by atoms with E-state index in [4.69, 9.17) is 4.74 Å². The van der Waals surface area contributed by atoms with Gasteiger partial charge in [0.1, 0.15) is 0 Å². The summed E-state index contributed by atoms with van der Waals surface area (Å²) < 4.78 is 7.60. The molecule has 0 bridgehead atoms. The molecule has 2 unspecified atom stereocenters. The van der Waals surface area contributed by atoms with Crippen LogP contribution in [-0.2, 0) is 11.3 Å². The van der Waals surface area contributed by atoms with Gasteiger partial charge in [-0.25, -0.2) is 0 Å². The van der Waals surface area contributed by atoms with E-state index in [-0.39, 0.29) is 12.0 Å². The molecule has 0 aromatic carbocycles. The Hall–Kier alpha value is -1.60. The van der Waals surface area contributed by atoms with Crippen LogP contribution in [0.1, 0.15) is 31.2 Å². The Morgan fingerprint density at radius 1 is 1.48 bits per heavy atom. The Labute approximate surface area is 150 Å². The normalized spacial score (nSPS) is 22.2. The molecule has 0 spiro atoms. The summed E-state index contributed by atoms with van der Waals surface area (Å²) >= 11 is 0. The van der Waals surface area contributed by atoms with Gasteiger partial charge in [-0.1, -0.05) is 6.92 Å². The van der Waals surface area contributed by atoms with Crippen LogP contribution >= 0.6 is 0 Å². The van der Waals surface area contributed by atoms with E-state index >= 15 is 0 Å². The van der Waals surface area contributed by atoms with Crippen LogP contribution in [0.3, 0.4) is 0 Å². The number of aliphatic hydroxyl groups is 1. The minimum Gasteiger partial charge on any atom is -0.396 e. The number of nitrogens with zero attached hydrogens (tertiary/aromatic N) is 3. The van der Waals surface area contributed by atoms with Crippen LogP contribution < -0.4 is 10.6 Å². The number of hydrogen-bond donors (Lipinski definition) is 3. The summed E-state index contributed by atoms with van der Waals surface area (Å²) in [6, 6.07) is 2.10. The molecule has 0 saturated carbocycles. The third kappa shape index (κ3) is 5.71. The molecule has 1 aromatic rings. The van der Waals surface area contributed by atoms with E-state index in [9.17, 15) is 5.11 Å². The van der Waals surface area contributed by atoms with Crippen LogP contribution in [0.4, 0.5) is 0 Å². The molecule has 0 radical (unpaired) electrons. The number of aliphatic hydroxyl groups excluding tert-OH is 1. The molecule has 7 heteroatoms. The van der Waals surface area contributed by atoms with Crippen molar-refractivity contribution in [2.24, 2.45) is 16.3 Å². The molecule has 2 heterocycles. The summed E-state index contributed by atoms with van der Waals surface area (Å²) in [5.41, 5.74) is 2.27. The number of rotatable bonds is 8. The van der Waals surface area contributed by atoms with Crippen LogP contribution in [0, 0.1) is 25.2 Å². The van der Waals surface area contributed by atoms with Crippen LogP contribution in [0.15, 0.2) is 11.1 Å². The molecule has 2 rings (SSSR count). The van der Waals surface area contributed by atoms with Gasteiger partial charge in [-0.15, -0.1) is 0 Å². The smallest absolute Gasteiger partial charge is 0.191 e. The maximum Gasteiger partial charge on any atom is 0.191 e. The van der Waals surface area contributed by atoms with E-state index in [0.29, 0.717) is 12.5 Å². The van der Waals surface area contributed by atoms with Crippen molar-refractivity contribution < 1.29 is 9.84 Å². The number of ether oxygens (including phenoxy) is 1. The molecule has 3 N–H and O–H groups in total. The van der Waals surface area contributed by atoms with Gasteiger partial charge in [0.25, 0.3) is 0 Å². The maximum absolute atomic E-state index is 9.32. The van der Waals surface area contributed by atoms with Gasteiger partial charge in [0.15, 0.2) is 5.96 Å². The lowest BCUT2D eigenvalue weighted by atomic mass is 9.84. The monoisotopic (exact) mass is 351 g/mol. The van der Waals surface area contributed by atoms with Gasteiger partial charge in [0.2, 0.25) is 0 Å². The Kier molecular flexibility index (Phi) is 7.25. The van der Waals surface area contributed by atoms with Gasteiger partial charge in [-0.05, 0) is 38.7 Å². The quantitative estimate of drug-likeness (QED) is 0.482. The van der Waals surface area contributed by atoms with Crippen molar-refractivity contribution in [1.82, 2.24) is 20.4 Å². The zero-order chi connectivity index (χ0) is 18.3. The first-order valence-corrected chi connectivity index (χ1v) is 9.12. The second kappa shape index (κ2) is 9.20. The lowest BCUT2D eigenvalue weighted by Crippen LogP contribution is -2.45. The first-order chi connectivity index (χ1) is 12.0. The van der Waals surface area contributed by atoms with Crippen molar-refractivity contribution in [1.29, 1.82) is 0 Å². The topological polar surface area (TPSA) is 83.7 Å². The molecule has 2 atom stereocenters. The number of aliphatic imine (C=N–C) groups is 1. The van der Waals surface area contributed by atoms with Crippen LogP contribution in [0.25, 0.3) is 0 Å². The molecule has 0 aliphatic carbocycles. The fourth-order valence-corrected chi connectivity index (χ4v) is 3.29. The van der Waals surface area contributed by atoms with Crippen molar-refractivity contribution in [3.8, 4) is 0 Å². The highest BCUT2D eigenvalue weighted by Crippen LogP contribution is 2.31. The Morgan fingerprint density at radius 2 is 2.28 bits per heavy atom. The largest absolute Gasteiger partial charge is 0.396 e. The minimum absolute atomic E-state index is 0.0156. The van der Waals surface area contributed by atoms with E-state index in [2.05, 4.69) is 45.3 Å². The molecule has 7 nitrogen and oxygen atoms in total.